The standard InChI is InChI=1S/C12H25N3O2/c1-9(7-12(3,13)11(16)17)15-6-5-14(4)8-10(15)2/h9-10H,5-8,13H2,1-4H3,(H,16,17). The molecule has 0 aromatic heterocycles. The molecule has 1 rings (SSSR count). The van der Waals surface area contributed by atoms with Crippen molar-refractivity contribution in [1.82, 2.24) is 9.80 Å². The molecule has 0 spiro atoms. The lowest BCUT2D eigenvalue weighted by Crippen LogP contribution is -2.57. The van der Waals surface area contributed by atoms with Crippen LogP contribution < -0.4 is 5.73 Å². The molecule has 1 aliphatic rings. The summed E-state index contributed by atoms with van der Waals surface area (Å²) in [6, 6.07) is 0.651. The van der Waals surface area contributed by atoms with Crippen molar-refractivity contribution < 1.29 is 9.90 Å². The van der Waals surface area contributed by atoms with Crippen LogP contribution in [0.3, 0.4) is 0 Å². The van der Waals surface area contributed by atoms with Crippen molar-refractivity contribution in [1.29, 1.82) is 0 Å². The van der Waals surface area contributed by atoms with E-state index in [9.17, 15) is 4.79 Å². The number of carboxylic acids is 1. The second kappa shape index (κ2) is 5.33. The molecule has 1 aliphatic heterocycles. The van der Waals surface area contributed by atoms with Crippen LogP contribution in [0.1, 0.15) is 27.2 Å². The highest BCUT2D eigenvalue weighted by Gasteiger charge is 2.34. The third-order valence-electron chi connectivity index (χ3n) is 3.66. The van der Waals surface area contributed by atoms with E-state index < -0.39 is 11.5 Å². The molecule has 0 bridgehead atoms. The monoisotopic (exact) mass is 243 g/mol. The minimum absolute atomic E-state index is 0.199. The van der Waals surface area contributed by atoms with Crippen molar-refractivity contribution in [3.63, 3.8) is 0 Å². The van der Waals surface area contributed by atoms with Crippen LogP contribution >= 0.6 is 0 Å². The largest absolute Gasteiger partial charge is 0.480 e. The van der Waals surface area contributed by atoms with E-state index in [1.165, 1.54) is 0 Å². The Labute approximate surface area is 104 Å². The molecule has 0 aromatic carbocycles. The molecule has 3 atom stereocenters. The first-order valence-electron chi connectivity index (χ1n) is 6.20. The summed E-state index contributed by atoms with van der Waals surface area (Å²) in [5.74, 6) is -0.925. The molecule has 1 fully saturated rings. The molecular formula is C12H25N3O2. The fourth-order valence-corrected chi connectivity index (χ4v) is 2.63. The van der Waals surface area contributed by atoms with E-state index in [4.69, 9.17) is 10.8 Å². The number of nitrogens with two attached hydrogens (primary N) is 1. The van der Waals surface area contributed by atoms with E-state index in [1.54, 1.807) is 6.92 Å². The van der Waals surface area contributed by atoms with Crippen LogP contribution in [0.15, 0.2) is 0 Å². The third-order valence-corrected chi connectivity index (χ3v) is 3.66. The maximum atomic E-state index is 11.0. The van der Waals surface area contributed by atoms with Crippen LogP contribution in [0, 0.1) is 0 Å². The molecular weight excluding hydrogens is 218 g/mol. The summed E-state index contributed by atoms with van der Waals surface area (Å²) in [6.07, 6.45) is 0.483. The van der Waals surface area contributed by atoms with Gasteiger partial charge in [0.15, 0.2) is 0 Å². The van der Waals surface area contributed by atoms with Gasteiger partial charge < -0.3 is 15.7 Å². The highest BCUT2D eigenvalue weighted by Crippen LogP contribution is 2.19. The molecule has 0 aromatic rings. The Morgan fingerprint density at radius 3 is 2.65 bits per heavy atom. The molecule has 5 nitrogen and oxygen atoms in total. The van der Waals surface area contributed by atoms with E-state index in [0.717, 1.165) is 19.6 Å². The number of rotatable bonds is 4. The van der Waals surface area contributed by atoms with Crippen LogP contribution in [0.25, 0.3) is 0 Å². The Balaban J connectivity index is 2.58. The van der Waals surface area contributed by atoms with Gasteiger partial charge in [0, 0.05) is 31.7 Å². The van der Waals surface area contributed by atoms with Crippen LogP contribution in [0.4, 0.5) is 0 Å². The summed E-state index contributed by atoms with van der Waals surface area (Å²) in [4.78, 5) is 15.7. The van der Waals surface area contributed by atoms with Crippen LogP contribution in [-0.4, -0.2) is 65.2 Å². The minimum atomic E-state index is -1.14. The quantitative estimate of drug-likeness (QED) is 0.738. The Hall–Kier alpha value is -0.650. The van der Waals surface area contributed by atoms with Gasteiger partial charge in [0.05, 0.1) is 0 Å². The Kier molecular flexibility index (Phi) is 4.52. The number of hydrogen-bond donors (Lipinski definition) is 2. The van der Waals surface area contributed by atoms with Gasteiger partial charge in [-0.3, -0.25) is 9.69 Å². The first-order valence-corrected chi connectivity index (χ1v) is 6.20. The number of nitrogens with zero attached hydrogens (tertiary/aromatic N) is 2. The number of aliphatic carboxylic acids is 1. The summed E-state index contributed by atoms with van der Waals surface area (Å²) >= 11 is 0. The smallest absolute Gasteiger partial charge is 0.323 e. The number of likely N-dealkylation sites (N-methyl/N-ethyl adjacent to an activating group) is 1. The van der Waals surface area contributed by atoms with Gasteiger partial charge >= 0.3 is 5.97 Å². The van der Waals surface area contributed by atoms with Crippen molar-refractivity contribution in [2.45, 2.75) is 44.8 Å². The van der Waals surface area contributed by atoms with Gasteiger partial charge in [-0.25, -0.2) is 0 Å². The average Bonchev–Trinajstić information content (AvgIpc) is 2.15. The van der Waals surface area contributed by atoms with Crippen LogP contribution in [0.2, 0.25) is 0 Å². The Morgan fingerprint density at radius 2 is 2.18 bits per heavy atom. The molecule has 17 heavy (non-hydrogen) atoms. The zero-order chi connectivity index (χ0) is 13.2. The third kappa shape index (κ3) is 3.66. The van der Waals surface area contributed by atoms with Crippen molar-refractivity contribution in [3.05, 3.63) is 0 Å². The van der Waals surface area contributed by atoms with E-state index in [-0.39, 0.29) is 6.04 Å². The number of hydrogen-bond acceptors (Lipinski definition) is 4. The van der Waals surface area contributed by atoms with E-state index in [1.807, 2.05) is 0 Å². The molecule has 5 heteroatoms. The fourth-order valence-electron chi connectivity index (χ4n) is 2.63. The lowest BCUT2D eigenvalue weighted by atomic mass is 9.93. The molecule has 0 aliphatic carbocycles. The van der Waals surface area contributed by atoms with Crippen molar-refractivity contribution in [2.75, 3.05) is 26.7 Å². The number of carbonyl (C=O) groups is 1. The van der Waals surface area contributed by atoms with E-state index in [2.05, 4.69) is 30.7 Å². The van der Waals surface area contributed by atoms with Gasteiger partial charge in [-0.15, -0.1) is 0 Å². The van der Waals surface area contributed by atoms with Crippen LogP contribution in [0.5, 0.6) is 0 Å². The predicted octanol–water partition coefficient (Wildman–Crippen LogP) is 0.203. The lowest BCUT2D eigenvalue weighted by Gasteiger charge is -2.43. The minimum Gasteiger partial charge on any atom is -0.480 e. The summed E-state index contributed by atoms with van der Waals surface area (Å²) in [5.41, 5.74) is 4.67. The van der Waals surface area contributed by atoms with Crippen molar-refractivity contribution in [3.8, 4) is 0 Å². The first kappa shape index (κ1) is 14.4. The fraction of sp³-hybridized carbons (Fsp3) is 0.917. The summed E-state index contributed by atoms with van der Waals surface area (Å²) < 4.78 is 0. The molecule has 0 amide bonds. The SMILES string of the molecule is CC1CN(C)CCN1C(C)CC(C)(N)C(=O)O. The number of piperazine rings is 1. The average molecular weight is 243 g/mol. The number of carboxylic acid groups (broad SMARTS) is 1. The molecule has 100 valence electrons. The van der Waals surface area contributed by atoms with E-state index in [0.29, 0.717) is 12.5 Å². The molecule has 0 saturated carbocycles. The molecule has 1 saturated heterocycles. The van der Waals surface area contributed by atoms with Gasteiger partial charge in [0.2, 0.25) is 0 Å². The molecule has 3 unspecified atom stereocenters. The zero-order valence-corrected chi connectivity index (χ0v) is 11.3. The van der Waals surface area contributed by atoms with Crippen LogP contribution in [-0.2, 0) is 4.79 Å². The van der Waals surface area contributed by atoms with Gasteiger partial charge in [0.25, 0.3) is 0 Å². The van der Waals surface area contributed by atoms with E-state index >= 15 is 0 Å². The first-order chi connectivity index (χ1) is 7.74. The lowest BCUT2D eigenvalue weighted by molar-refractivity contribution is -0.143. The Morgan fingerprint density at radius 1 is 1.59 bits per heavy atom. The highest BCUT2D eigenvalue weighted by molar-refractivity contribution is 5.77. The van der Waals surface area contributed by atoms with Gasteiger partial charge in [-0.2, -0.15) is 0 Å². The highest BCUT2D eigenvalue weighted by atomic mass is 16.4. The second-order valence-corrected chi connectivity index (χ2v) is 5.62. The summed E-state index contributed by atoms with van der Waals surface area (Å²) in [5, 5.41) is 9.04. The van der Waals surface area contributed by atoms with Gasteiger partial charge in [-0.1, -0.05) is 0 Å². The molecule has 0 radical (unpaired) electrons. The van der Waals surface area contributed by atoms with Gasteiger partial charge in [0.1, 0.15) is 5.54 Å². The van der Waals surface area contributed by atoms with Crippen molar-refractivity contribution in [2.24, 2.45) is 5.73 Å². The van der Waals surface area contributed by atoms with Gasteiger partial charge in [-0.05, 0) is 34.2 Å². The second-order valence-electron chi connectivity index (χ2n) is 5.62. The maximum Gasteiger partial charge on any atom is 0.323 e. The maximum absolute atomic E-state index is 11.0. The Bertz CT molecular complexity index is 281. The van der Waals surface area contributed by atoms with Crippen molar-refractivity contribution >= 4 is 5.97 Å². The topological polar surface area (TPSA) is 69.8 Å². The predicted molar refractivity (Wildman–Crippen MR) is 68.0 cm³/mol. The molecule has 1 heterocycles. The normalized spacial score (nSPS) is 28.6. The summed E-state index contributed by atoms with van der Waals surface area (Å²) in [6.45, 7) is 8.87. The zero-order valence-electron chi connectivity index (χ0n) is 11.3. The summed E-state index contributed by atoms with van der Waals surface area (Å²) in [7, 11) is 2.11. The molecule has 3 N–H and O–H groups in total.